The zero-order valence-corrected chi connectivity index (χ0v) is 13.6. The maximum Gasteiger partial charge on any atom is 0.305 e. The fourth-order valence-electron chi connectivity index (χ4n) is 2.20. The minimum absolute atomic E-state index is 0.197. The van der Waals surface area contributed by atoms with Crippen LogP contribution in [0.4, 0.5) is 0 Å². The number of benzene rings is 2. The van der Waals surface area contributed by atoms with Crippen LogP contribution in [-0.4, -0.2) is 25.5 Å². The molecule has 2 aromatic carbocycles. The van der Waals surface area contributed by atoms with E-state index in [1.54, 1.807) is 30.6 Å². The SMILES string of the molecule is O=[C]c1ccc(OCCCC(=O)OCCCc2ccccc2)cc1. The van der Waals surface area contributed by atoms with Crippen LogP contribution in [0.1, 0.15) is 30.4 Å². The van der Waals surface area contributed by atoms with E-state index in [1.165, 1.54) is 5.56 Å². The van der Waals surface area contributed by atoms with Gasteiger partial charge in [0.2, 0.25) is 6.29 Å². The molecule has 0 atom stereocenters. The first-order chi connectivity index (χ1) is 11.8. The zero-order valence-electron chi connectivity index (χ0n) is 13.6. The molecule has 0 amide bonds. The van der Waals surface area contributed by atoms with Crippen LogP contribution in [-0.2, 0) is 20.7 Å². The highest BCUT2D eigenvalue weighted by Crippen LogP contribution is 2.11. The molecule has 0 aliphatic rings. The summed E-state index contributed by atoms with van der Waals surface area (Å²) < 4.78 is 10.7. The Bertz CT molecular complexity index is 620. The fraction of sp³-hybridized carbons (Fsp3) is 0.300. The van der Waals surface area contributed by atoms with Gasteiger partial charge in [-0.05, 0) is 49.1 Å². The Morgan fingerprint density at radius 1 is 0.917 bits per heavy atom. The van der Waals surface area contributed by atoms with Crippen molar-refractivity contribution in [1.82, 2.24) is 0 Å². The molecule has 0 aromatic heterocycles. The second-order valence-corrected chi connectivity index (χ2v) is 5.39. The molecule has 2 rings (SSSR count). The van der Waals surface area contributed by atoms with E-state index < -0.39 is 0 Å². The van der Waals surface area contributed by atoms with Crippen LogP contribution in [0.5, 0.6) is 5.75 Å². The predicted molar refractivity (Wildman–Crippen MR) is 91.7 cm³/mol. The van der Waals surface area contributed by atoms with Crippen LogP contribution in [0.2, 0.25) is 0 Å². The summed E-state index contributed by atoms with van der Waals surface area (Å²) in [4.78, 5) is 22.1. The third-order valence-electron chi connectivity index (χ3n) is 3.48. The first kappa shape index (κ1) is 17.7. The number of hydrogen-bond donors (Lipinski definition) is 0. The zero-order chi connectivity index (χ0) is 17.0. The van der Waals surface area contributed by atoms with Gasteiger partial charge in [0, 0.05) is 12.0 Å². The maximum atomic E-state index is 11.6. The summed E-state index contributed by atoms with van der Waals surface area (Å²) in [6.07, 6.45) is 4.47. The van der Waals surface area contributed by atoms with Crippen molar-refractivity contribution in [1.29, 1.82) is 0 Å². The molecule has 0 spiro atoms. The molecule has 0 bridgehead atoms. The molecule has 0 aliphatic heterocycles. The van der Waals surface area contributed by atoms with E-state index >= 15 is 0 Å². The van der Waals surface area contributed by atoms with Gasteiger partial charge >= 0.3 is 5.97 Å². The van der Waals surface area contributed by atoms with Crippen molar-refractivity contribution in [2.24, 2.45) is 0 Å². The molecule has 125 valence electrons. The van der Waals surface area contributed by atoms with Crippen LogP contribution in [0.3, 0.4) is 0 Å². The molecule has 0 aliphatic carbocycles. The van der Waals surface area contributed by atoms with E-state index in [-0.39, 0.29) is 5.97 Å². The van der Waals surface area contributed by atoms with Gasteiger partial charge in [-0.25, -0.2) is 0 Å². The van der Waals surface area contributed by atoms with Gasteiger partial charge in [-0.1, -0.05) is 30.3 Å². The third kappa shape index (κ3) is 6.65. The predicted octanol–water partition coefficient (Wildman–Crippen LogP) is 3.48. The fourth-order valence-corrected chi connectivity index (χ4v) is 2.20. The number of carbonyl (C=O) groups is 1. The van der Waals surface area contributed by atoms with Crippen molar-refractivity contribution in [3.8, 4) is 5.75 Å². The minimum atomic E-state index is -0.197. The summed E-state index contributed by atoms with van der Waals surface area (Å²) in [5, 5.41) is 0. The molecule has 0 unspecified atom stereocenters. The van der Waals surface area contributed by atoms with Gasteiger partial charge in [-0.3, -0.25) is 9.59 Å². The molecule has 0 heterocycles. The number of carbonyl (C=O) groups excluding carboxylic acids is 2. The topological polar surface area (TPSA) is 52.6 Å². The monoisotopic (exact) mass is 325 g/mol. The molecule has 4 nitrogen and oxygen atoms in total. The first-order valence-corrected chi connectivity index (χ1v) is 8.08. The number of aryl methyl sites for hydroxylation is 1. The Morgan fingerprint density at radius 2 is 1.67 bits per heavy atom. The standard InChI is InChI=1S/C20H21O4/c21-16-18-10-12-19(13-11-18)23-14-5-9-20(22)24-15-4-8-17-6-2-1-3-7-17/h1-3,6-7,10-13H,4-5,8-9,14-15H2. The summed E-state index contributed by atoms with van der Waals surface area (Å²) in [6.45, 7) is 0.876. The van der Waals surface area contributed by atoms with Gasteiger partial charge in [0.15, 0.2) is 0 Å². The molecule has 1 radical (unpaired) electrons. The largest absolute Gasteiger partial charge is 0.494 e. The first-order valence-electron chi connectivity index (χ1n) is 8.08. The Hall–Kier alpha value is -2.62. The van der Waals surface area contributed by atoms with E-state index in [9.17, 15) is 9.59 Å². The normalized spacial score (nSPS) is 10.2. The smallest absolute Gasteiger partial charge is 0.305 e. The maximum absolute atomic E-state index is 11.6. The lowest BCUT2D eigenvalue weighted by molar-refractivity contribution is -0.144. The number of ether oxygens (including phenoxy) is 2. The Labute approximate surface area is 142 Å². The highest BCUT2D eigenvalue weighted by Gasteiger charge is 2.03. The molecule has 0 saturated carbocycles. The van der Waals surface area contributed by atoms with E-state index in [0.717, 1.165) is 12.8 Å². The lowest BCUT2D eigenvalue weighted by Crippen LogP contribution is -2.08. The van der Waals surface area contributed by atoms with Gasteiger partial charge in [0.05, 0.1) is 13.2 Å². The Morgan fingerprint density at radius 3 is 2.38 bits per heavy atom. The van der Waals surface area contributed by atoms with E-state index in [0.29, 0.717) is 37.4 Å². The van der Waals surface area contributed by atoms with Crippen molar-refractivity contribution in [2.45, 2.75) is 25.7 Å². The third-order valence-corrected chi connectivity index (χ3v) is 3.48. The van der Waals surface area contributed by atoms with Gasteiger partial charge < -0.3 is 9.47 Å². The van der Waals surface area contributed by atoms with Crippen LogP contribution in [0.15, 0.2) is 54.6 Å². The Balaban J connectivity index is 1.52. The number of rotatable bonds is 10. The van der Waals surface area contributed by atoms with Crippen molar-refractivity contribution in [3.05, 3.63) is 65.7 Å². The lowest BCUT2D eigenvalue weighted by Gasteiger charge is -2.07. The van der Waals surface area contributed by atoms with Crippen molar-refractivity contribution in [2.75, 3.05) is 13.2 Å². The average molecular weight is 325 g/mol. The van der Waals surface area contributed by atoms with E-state index in [2.05, 4.69) is 12.1 Å². The van der Waals surface area contributed by atoms with Gasteiger partial charge in [0.25, 0.3) is 0 Å². The summed E-state index contributed by atoms with van der Waals surface area (Å²) in [6, 6.07) is 16.8. The van der Waals surface area contributed by atoms with Crippen molar-refractivity contribution < 1.29 is 19.1 Å². The summed E-state index contributed by atoms with van der Waals surface area (Å²) in [5.41, 5.74) is 1.74. The van der Waals surface area contributed by atoms with Gasteiger partial charge in [0.1, 0.15) is 5.75 Å². The van der Waals surface area contributed by atoms with Crippen molar-refractivity contribution in [3.63, 3.8) is 0 Å². The minimum Gasteiger partial charge on any atom is -0.494 e. The van der Waals surface area contributed by atoms with Crippen LogP contribution in [0, 0.1) is 0 Å². The van der Waals surface area contributed by atoms with Gasteiger partial charge in [-0.2, -0.15) is 0 Å². The second kappa shape index (κ2) is 10.2. The molecular formula is C20H21O4. The Kier molecular flexibility index (Phi) is 7.54. The van der Waals surface area contributed by atoms with Crippen molar-refractivity contribution >= 4 is 12.3 Å². The average Bonchev–Trinajstić information content (AvgIpc) is 2.64. The van der Waals surface area contributed by atoms with E-state index in [4.69, 9.17) is 9.47 Å². The lowest BCUT2D eigenvalue weighted by atomic mass is 10.1. The molecule has 4 heteroatoms. The summed E-state index contributed by atoms with van der Waals surface area (Å²) in [5.74, 6) is 0.475. The molecule has 2 aromatic rings. The van der Waals surface area contributed by atoms with Crippen LogP contribution >= 0.6 is 0 Å². The number of hydrogen-bond acceptors (Lipinski definition) is 4. The highest BCUT2D eigenvalue weighted by molar-refractivity contribution is 5.75. The second-order valence-electron chi connectivity index (χ2n) is 5.39. The molecule has 0 N–H and O–H groups in total. The molecular weight excluding hydrogens is 304 g/mol. The van der Waals surface area contributed by atoms with E-state index in [1.807, 2.05) is 18.2 Å². The number of esters is 1. The summed E-state index contributed by atoms with van der Waals surface area (Å²) >= 11 is 0. The van der Waals surface area contributed by atoms with Crippen LogP contribution in [0.25, 0.3) is 0 Å². The molecule has 0 saturated heterocycles. The summed E-state index contributed by atoms with van der Waals surface area (Å²) in [7, 11) is 0. The molecule has 0 fully saturated rings. The quantitative estimate of drug-likeness (QED) is 0.496. The highest BCUT2D eigenvalue weighted by atomic mass is 16.5. The van der Waals surface area contributed by atoms with Crippen LogP contribution < -0.4 is 4.74 Å². The van der Waals surface area contributed by atoms with Gasteiger partial charge in [-0.15, -0.1) is 0 Å². The molecule has 24 heavy (non-hydrogen) atoms.